The zero-order valence-electron chi connectivity index (χ0n) is 10.0. The predicted molar refractivity (Wildman–Crippen MR) is 67.8 cm³/mol. The van der Waals surface area contributed by atoms with E-state index in [4.69, 9.17) is 0 Å². The Balaban J connectivity index is 2.05. The lowest BCUT2D eigenvalue weighted by atomic mass is 9.98. The SMILES string of the molecule is CCc1ccc(N2CCCC(CO)C2)cc1. The number of hydrogen-bond donors (Lipinski definition) is 1. The maximum Gasteiger partial charge on any atom is 0.0476 e. The summed E-state index contributed by atoms with van der Waals surface area (Å²) in [4.78, 5) is 2.39. The van der Waals surface area contributed by atoms with Gasteiger partial charge in [-0.05, 0) is 42.9 Å². The van der Waals surface area contributed by atoms with Gasteiger partial charge in [0, 0.05) is 25.4 Å². The third-order valence-corrected chi connectivity index (χ3v) is 3.49. The van der Waals surface area contributed by atoms with Gasteiger partial charge in [0.25, 0.3) is 0 Å². The molecule has 1 aromatic carbocycles. The molecule has 0 aliphatic carbocycles. The Hall–Kier alpha value is -1.02. The molecule has 1 heterocycles. The summed E-state index contributed by atoms with van der Waals surface area (Å²) in [5.74, 6) is 0.458. The Bertz CT molecular complexity index is 320. The largest absolute Gasteiger partial charge is 0.396 e. The van der Waals surface area contributed by atoms with Crippen LogP contribution in [0.25, 0.3) is 0 Å². The van der Waals surface area contributed by atoms with E-state index < -0.39 is 0 Å². The van der Waals surface area contributed by atoms with Crippen molar-refractivity contribution in [3.8, 4) is 0 Å². The number of aliphatic hydroxyl groups is 1. The van der Waals surface area contributed by atoms with Gasteiger partial charge in [0.05, 0.1) is 0 Å². The first-order valence-electron chi connectivity index (χ1n) is 6.28. The van der Waals surface area contributed by atoms with Gasteiger partial charge in [-0.2, -0.15) is 0 Å². The maximum absolute atomic E-state index is 9.21. The Morgan fingerprint density at radius 2 is 2.06 bits per heavy atom. The number of aryl methyl sites for hydroxylation is 1. The van der Waals surface area contributed by atoms with Crippen molar-refractivity contribution in [2.75, 3.05) is 24.6 Å². The van der Waals surface area contributed by atoms with Gasteiger partial charge >= 0.3 is 0 Å². The van der Waals surface area contributed by atoms with Crippen molar-refractivity contribution in [3.63, 3.8) is 0 Å². The van der Waals surface area contributed by atoms with Crippen LogP contribution in [0.15, 0.2) is 24.3 Å². The molecule has 0 radical (unpaired) electrons. The number of benzene rings is 1. The zero-order chi connectivity index (χ0) is 11.4. The molecule has 1 aliphatic rings. The molecular formula is C14H21NO. The van der Waals surface area contributed by atoms with Crippen LogP contribution in [0.3, 0.4) is 0 Å². The molecule has 0 saturated carbocycles. The number of rotatable bonds is 3. The summed E-state index contributed by atoms with van der Waals surface area (Å²) in [6, 6.07) is 8.83. The molecule has 1 aromatic rings. The number of nitrogens with zero attached hydrogens (tertiary/aromatic N) is 1. The molecule has 2 nitrogen and oxygen atoms in total. The molecule has 1 fully saturated rings. The quantitative estimate of drug-likeness (QED) is 0.844. The Morgan fingerprint density at radius 1 is 1.31 bits per heavy atom. The van der Waals surface area contributed by atoms with Crippen molar-refractivity contribution in [3.05, 3.63) is 29.8 Å². The first kappa shape index (κ1) is 11.5. The second kappa shape index (κ2) is 5.35. The molecule has 2 rings (SSSR count). The third-order valence-electron chi connectivity index (χ3n) is 3.49. The molecule has 1 aliphatic heterocycles. The van der Waals surface area contributed by atoms with Crippen molar-refractivity contribution in [1.29, 1.82) is 0 Å². The van der Waals surface area contributed by atoms with E-state index in [1.54, 1.807) is 0 Å². The van der Waals surface area contributed by atoms with Crippen molar-refractivity contribution < 1.29 is 5.11 Å². The lowest BCUT2D eigenvalue weighted by molar-refractivity contribution is 0.209. The van der Waals surface area contributed by atoms with Crippen LogP contribution < -0.4 is 4.90 Å². The van der Waals surface area contributed by atoms with Crippen LogP contribution in [-0.2, 0) is 6.42 Å². The minimum atomic E-state index is 0.323. The van der Waals surface area contributed by atoms with Gasteiger partial charge in [-0.25, -0.2) is 0 Å². The third kappa shape index (κ3) is 2.56. The van der Waals surface area contributed by atoms with E-state index in [1.807, 2.05) is 0 Å². The monoisotopic (exact) mass is 219 g/mol. The second-order valence-electron chi connectivity index (χ2n) is 4.66. The van der Waals surface area contributed by atoms with Crippen molar-refractivity contribution in [2.45, 2.75) is 26.2 Å². The van der Waals surface area contributed by atoms with Crippen molar-refractivity contribution in [2.24, 2.45) is 5.92 Å². The number of hydrogen-bond acceptors (Lipinski definition) is 2. The van der Waals surface area contributed by atoms with Gasteiger partial charge in [-0.1, -0.05) is 19.1 Å². The highest BCUT2D eigenvalue weighted by molar-refractivity contribution is 5.48. The lowest BCUT2D eigenvalue weighted by Crippen LogP contribution is -2.36. The van der Waals surface area contributed by atoms with Crippen LogP contribution in [0, 0.1) is 5.92 Å². The highest BCUT2D eigenvalue weighted by Gasteiger charge is 2.19. The van der Waals surface area contributed by atoms with Gasteiger partial charge in [0.15, 0.2) is 0 Å². The van der Waals surface area contributed by atoms with Crippen LogP contribution >= 0.6 is 0 Å². The number of piperidine rings is 1. The van der Waals surface area contributed by atoms with E-state index in [0.717, 1.165) is 19.5 Å². The minimum absolute atomic E-state index is 0.323. The Labute approximate surface area is 97.9 Å². The van der Waals surface area contributed by atoms with Crippen LogP contribution in [0.2, 0.25) is 0 Å². The van der Waals surface area contributed by atoms with E-state index in [2.05, 4.69) is 36.1 Å². The molecule has 2 heteroatoms. The smallest absolute Gasteiger partial charge is 0.0476 e. The average molecular weight is 219 g/mol. The first-order valence-corrected chi connectivity index (χ1v) is 6.28. The lowest BCUT2D eigenvalue weighted by Gasteiger charge is -2.33. The summed E-state index contributed by atoms with van der Waals surface area (Å²) >= 11 is 0. The standard InChI is InChI=1S/C14H21NO/c1-2-12-5-7-14(8-6-12)15-9-3-4-13(10-15)11-16/h5-8,13,16H,2-4,9-11H2,1H3. The topological polar surface area (TPSA) is 23.5 Å². The van der Waals surface area contributed by atoms with E-state index >= 15 is 0 Å². The maximum atomic E-state index is 9.21. The molecule has 1 atom stereocenters. The summed E-state index contributed by atoms with van der Waals surface area (Å²) in [6.45, 7) is 4.63. The van der Waals surface area contributed by atoms with E-state index in [9.17, 15) is 5.11 Å². The van der Waals surface area contributed by atoms with Crippen LogP contribution in [0.1, 0.15) is 25.3 Å². The summed E-state index contributed by atoms with van der Waals surface area (Å²) < 4.78 is 0. The van der Waals surface area contributed by atoms with Gasteiger partial charge < -0.3 is 10.0 Å². The molecule has 1 N–H and O–H groups in total. The molecule has 0 bridgehead atoms. The molecule has 0 spiro atoms. The first-order chi connectivity index (χ1) is 7.83. The van der Waals surface area contributed by atoms with E-state index in [-0.39, 0.29) is 0 Å². The Morgan fingerprint density at radius 3 is 2.69 bits per heavy atom. The van der Waals surface area contributed by atoms with Gasteiger partial charge in [0.2, 0.25) is 0 Å². The van der Waals surface area contributed by atoms with Crippen LogP contribution in [0.4, 0.5) is 5.69 Å². The second-order valence-corrected chi connectivity index (χ2v) is 4.66. The molecule has 1 saturated heterocycles. The predicted octanol–water partition coefficient (Wildman–Crippen LogP) is 2.46. The minimum Gasteiger partial charge on any atom is -0.396 e. The fourth-order valence-electron chi connectivity index (χ4n) is 2.39. The fraction of sp³-hybridized carbons (Fsp3) is 0.571. The summed E-state index contributed by atoms with van der Waals surface area (Å²) in [5, 5.41) is 9.21. The average Bonchev–Trinajstić information content (AvgIpc) is 2.39. The molecule has 16 heavy (non-hydrogen) atoms. The number of anilines is 1. The van der Waals surface area contributed by atoms with Gasteiger partial charge in [0.1, 0.15) is 0 Å². The van der Waals surface area contributed by atoms with Gasteiger partial charge in [-0.3, -0.25) is 0 Å². The van der Waals surface area contributed by atoms with Gasteiger partial charge in [-0.15, -0.1) is 0 Å². The summed E-state index contributed by atoms with van der Waals surface area (Å²) in [6.07, 6.45) is 3.46. The van der Waals surface area contributed by atoms with Crippen LogP contribution in [-0.4, -0.2) is 24.8 Å². The molecular weight excluding hydrogens is 198 g/mol. The van der Waals surface area contributed by atoms with Crippen molar-refractivity contribution >= 4 is 5.69 Å². The van der Waals surface area contributed by atoms with Crippen LogP contribution in [0.5, 0.6) is 0 Å². The zero-order valence-corrected chi connectivity index (χ0v) is 10.0. The molecule has 88 valence electrons. The molecule has 1 unspecified atom stereocenters. The summed E-state index contributed by atoms with van der Waals surface area (Å²) in [5.41, 5.74) is 2.69. The van der Waals surface area contributed by atoms with Crippen molar-refractivity contribution in [1.82, 2.24) is 0 Å². The summed E-state index contributed by atoms with van der Waals surface area (Å²) in [7, 11) is 0. The Kier molecular flexibility index (Phi) is 3.83. The molecule has 0 amide bonds. The molecule has 0 aromatic heterocycles. The highest BCUT2D eigenvalue weighted by atomic mass is 16.3. The van der Waals surface area contributed by atoms with E-state index in [0.29, 0.717) is 12.5 Å². The normalized spacial score (nSPS) is 21.1. The number of aliphatic hydroxyl groups excluding tert-OH is 1. The van der Waals surface area contributed by atoms with E-state index in [1.165, 1.54) is 24.1 Å². The fourth-order valence-corrected chi connectivity index (χ4v) is 2.39. The highest BCUT2D eigenvalue weighted by Crippen LogP contribution is 2.23.